The summed E-state index contributed by atoms with van der Waals surface area (Å²) in [6.07, 6.45) is 4.07. The molecule has 0 saturated heterocycles. The summed E-state index contributed by atoms with van der Waals surface area (Å²) < 4.78 is 0. The van der Waals surface area contributed by atoms with Gasteiger partial charge in [-0.2, -0.15) is 0 Å². The van der Waals surface area contributed by atoms with Crippen LogP contribution in [0.25, 0.3) is 5.57 Å². The normalized spacial score (nSPS) is 14.2. The quantitative estimate of drug-likeness (QED) is 0.827. The van der Waals surface area contributed by atoms with Gasteiger partial charge in [-0.25, -0.2) is 0 Å². The summed E-state index contributed by atoms with van der Waals surface area (Å²) in [7, 11) is 0. The van der Waals surface area contributed by atoms with Crippen LogP contribution in [0.4, 0.5) is 5.69 Å². The number of carbonyl (C=O) groups excluding carboxylic acids is 1. The molecule has 0 aliphatic carbocycles. The standard InChI is InChI=1S/C15H12N2O/c18-15-9-8-12(13-6-3-4-10-16-13)11-5-1-2-7-14(11)17-15/h1-8,10H,9H2,(H,17,18). The van der Waals surface area contributed by atoms with Crippen molar-refractivity contribution in [3.8, 4) is 0 Å². The maximum absolute atomic E-state index is 11.6. The average Bonchev–Trinajstić information content (AvgIpc) is 2.58. The number of nitrogens with one attached hydrogen (secondary N) is 1. The van der Waals surface area contributed by atoms with E-state index in [0.29, 0.717) is 6.42 Å². The van der Waals surface area contributed by atoms with Crippen molar-refractivity contribution in [3.63, 3.8) is 0 Å². The van der Waals surface area contributed by atoms with Crippen molar-refractivity contribution < 1.29 is 4.79 Å². The Balaban J connectivity index is 2.17. The van der Waals surface area contributed by atoms with E-state index in [1.807, 2.05) is 48.5 Å². The number of anilines is 1. The molecule has 2 heterocycles. The Morgan fingerprint density at radius 1 is 1.06 bits per heavy atom. The second-order valence-corrected chi connectivity index (χ2v) is 4.13. The van der Waals surface area contributed by atoms with Gasteiger partial charge in [0.15, 0.2) is 0 Å². The summed E-state index contributed by atoms with van der Waals surface area (Å²) in [6, 6.07) is 13.6. The number of aromatic nitrogens is 1. The first-order valence-corrected chi connectivity index (χ1v) is 5.85. The zero-order valence-corrected chi connectivity index (χ0v) is 9.76. The highest BCUT2D eigenvalue weighted by Gasteiger charge is 2.16. The second-order valence-electron chi connectivity index (χ2n) is 4.13. The summed E-state index contributed by atoms with van der Waals surface area (Å²) in [5, 5.41) is 2.90. The van der Waals surface area contributed by atoms with Crippen molar-refractivity contribution in [2.45, 2.75) is 6.42 Å². The van der Waals surface area contributed by atoms with Crippen molar-refractivity contribution in [3.05, 3.63) is 66.0 Å². The van der Waals surface area contributed by atoms with Gasteiger partial charge < -0.3 is 5.32 Å². The predicted molar refractivity (Wildman–Crippen MR) is 71.0 cm³/mol. The molecule has 1 amide bonds. The van der Waals surface area contributed by atoms with Crippen LogP contribution in [0.1, 0.15) is 17.7 Å². The molecule has 18 heavy (non-hydrogen) atoms. The number of pyridine rings is 1. The van der Waals surface area contributed by atoms with Crippen LogP contribution in [0.2, 0.25) is 0 Å². The zero-order valence-electron chi connectivity index (χ0n) is 9.76. The van der Waals surface area contributed by atoms with E-state index < -0.39 is 0 Å². The summed E-state index contributed by atoms with van der Waals surface area (Å²) in [6.45, 7) is 0. The van der Waals surface area contributed by atoms with Crippen LogP contribution in [0, 0.1) is 0 Å². The first kappa shape index (κ1) is 10.7. The Bertz CT molecular complexity index is 617. The molecule has 0 bridgehead atoms. The van der Waals surface area contributed by atoms with E-state index in [-0.39, 0.29) is 5.91 Å². The smallest absolute Gasteiger partial charge is 0.228 e. The molecule has 1 aliphatic rings. The Morgan fingerprint density at radius 2 is 1.89 bits per heavy atom. The number of hydrogen-bond acceptors (Lipinski definition) is 2. The van der Waals surface area contributed by atoms with Crippen LogP contribution in [0.15, 0.2) is 54.7 Å². The van der Waals surface area contributed by atoms with Crippen molar-refractivity contribution in [1.29, 1.82) is 0 Å². The second kappa shape index (κ2) is 4.45. The third-order valence-corrected chi connectivity index (χ3v) is 2.92. The molecular weight excluding hydrogens is 224 g/mol. The molecular formula is C15H12N2O. The summed E-state index contributed by atoms with van der Waals surface area (Å²) in [4.78, 5) is 16.0. The Labute approximate surface area is 105 Å². The lowest BCUT2D eigenvalue weighted by molar-refractivity contribution is -0.115. The molecule has 3 heteroatoms. The van der Waals surface area contributed by atoms with E-state index in [1.54, 1.807) is 6.20 Å². The maximum atomic E-state index is 11.6. The minimum atomic E-state index is 0.00776. The van der Waals surface area contributed by atoms with Gasteiger partial charge >= 0.3 is 0 Å². The Hall–Kier alpha value is -2.42. The van der Waals surface area contributed by atoms with Gasteiger partial charge in [0.1, 0.15) is 0 Å². The number of para-hydroxylation sites is 1. The highest BCUT2D eigenvalue weighted by molar-refractivity contribution is 6.00. The molecule has 1 N–H and O–H groups in total. The van der Waals surface area contributed by atoms with E-state index in [4.69, 9.17) is 0 Å². The van der Waals surface area contributed by atoms with Gasteiger partial charge in [0, 0.05) is 29.4 Å². The minimum Gasteiger partial charge on any atom is -0.325 e. The van der Waals surface area contributed by atoms with Crippen LogP contribution in [-0.4, -0.2) is 10.9 Å². The molecule has 3 nitrogen and oxygen atoms in total. The molecule has 0 unspecified atom stereocenters. The fourth-order valence-corrected chi connectivity index (χ4v) is 2.10. The largest absolute Gasteiger partial charge is 0.325 e. The highest BCUT2D eigenvalue weighted by atomic mass is 16.1. The molecule has 1 aliphatic heterocycles. The fraction of sp³-hybridized carbons (Fsp3) is 0.0667. The SMILES string of the molecule is O=C1CC=C(c2ccccn2)c2ccccc2N1. The third kappa shape index (κ3) is 1.91. The first-order chi connectivity index (χ1) is 8.84. The van der Waals surface area contributed by atoms with Gasteiger partial charge in [0.2, 0.25) is 5.91 Å². The zero-order chi connectivity index (χ0) is 12.4. The molecule has 2 aromatic rings. The third-order valence-electron chi connectivity index (χ3n) is 2.92. The first-order valence-electron chi connectivity index (χ1n) is 5.85. The van der Waals surface area contributed by atoms with Gasteiger partial charge in [-0.05, 0) is 18.2 Å². The van der Waals surface area contributed by atoms with Crippen molar-refractivity contribution in [1.82, 2.24) is 4.98 Å². The number of hydrogen-bond donors (Lipinski definition) is 1. The van der Waals surface area contributed by atoms with Crippen LogP contribution < -0.4 is 5.32 Å². The monoisotopic (exact) mass is 236 g/mol. The number of fused-ring (bicyclic) bond motifs is 1. The van der Waals surface area contributed by atoms with Crippen LogP contribution in [0.5, 0.6) is 0 Å². The van der Waals surface area contributed by atoms with Crippen molar-refractivity contribution in [2.75, 3.05) is 5.32 Å². The molecule has 0 atom stereocenters. The Kier molecular flexibility index (Phi) is 2.65. The lowest BCUT2D eigenvalue weighted by Crippen LogP contribution is -2.09. The van der Waals surface area contributed by atoms with Gasteiger partial charge in [0.05, 0.1) is 5.69 Å². The van der Waals surface area contributed by atoms with E-state index >= 15 is 0 Å². The lowest BCUT2D eigenvalue weighted by atomic mass is 10.0. The molecule has 3 rings (SSSR count). The number of carbonyl (C=O) groups is 1. The van der Waals surface area contributed by atoms with Crippen LogP contribution in [-0.2, 0) is 4.79 Å². The molecule has 88 valence electrons. The Morgan fingerprint density at radius 3 is 2.72 bits per heavy atom. The number of amides is 1. The van der Waals surface area contributed by atoms with E-state index in [9.17, 15) is 4.79 Å². The van der Waals surface area contributed by atoms with Gasteiger partial charge in [-0.3, -0.25) is 9.78 Å². The lowest BCUT2D eigenvalue weighted by Gasteiger charge is -2.10. The van der Waals surface area contributed by atoms with Crippen molar-refractivity contribution in [2.24, 2.45) is 0 Å². The van der Waals surface area contributed by atoms with Crippen LogP contribution in [0.3, 0.4) is 0 Å². The molecule has 0 saturated carbocycles. The van der Waals surface area contributed by atoms with Gasteiger partial charge in [-0.1, -0.05) is 30.3 Å². The fourth-order valence-electron chi connectivity index (χ4n) is 2.10. The average molecular weight is 236 g/mol. The maximum Gasteiger partial charge on any atom is 0.228 e. The number of nitrogens with zero attached hydrogens (tertiary/aromatic N) is 1. The van der Waals surface area contributed by atoms with E-state index in [1.165, 1.54) is 0 Å². The predicted octanol–water partition coefficient (Wildman–Crippen LogP) is 2.86. The molecule has 0 radical (unpaired) electrons. The molecule has 1 aromatic heterocycles. The van der Waals surface area contributed by atoms with Crippen LogP contribution >= 0.6 is 0 Å². The molecule has 0 spiro atoms. The van der Waals surface area contributed by atoms with Crippen molar-refractivity contribution >= 4 is 17.2 Å². The summed E-state index contributed by atoms with van der Waals surface area (Å²) >= 11 is 0. The summed E-state index contributed by atoms with van der Waals surface area (Å²) in [5.74, 6) is 0.00776. The van der Waals surface area contributed by atoms with Gasteiger partial charge in [0.25, 0.3) is 0 Å². The van der Waals surface area contributed by atoms with E-state index in [2.05, 4.69) is 10.3 Å². The highest BCUT2D eigenvalue weighted by Crippen LogP contribution is 2.30. The molecule has 1 aromatic carbocycles. The number of rotatable bonds is 1. The number of benzene rings is 1. The minimum absolute atomic E-state index is 0.00776. The van der Waals surface area contributed by atoms with Gasteiger partial charge in [-0.15, -0.1) is 0 Å². The topological polar surface area (TPSA) is 42.0 Å². The van der Waals surface area contributed by atoms with E-state index in [0.717, 1.165) is 22.5 Å². The molecule has 0 fully saturated rings. The summed E-state index contributed by atoms with van der Waals surface area (Å²) in [5.41, 5.74) is 3.75.